The molecule has 0 atom stereocenters. The summed E-state index contributed by atoms with van der Waals surface area (Å²) in [6, 6.07) is 1.96. The summed E-state index contributed by atoms with van der Waals surface area (Å²) in [6.45, 7) is 0. The molecule has 1 saturated carbocycles. The van der Waals surface area contributed by atoms with Crippen LogP contribution in [0, 0.1) is 17.8 Å². The molecule has 2 aromatic heterocycles. The van der Waals surface area contributed by atoms with Crippen LogP contribution >= 0.6 is 0 Å². The van der Waals surface area contributed by atoms with Crippen LogP contribution in [0.1, 0.15) is 18.5 Å². The lowest BCUT2D eigenvalue weighted by Gasteiger charge is -1.90. The van der Waals surface area contributed by atoms with E-state index in [4.69, 9.17) is 0 Å². The molecule has 2 aromatic rings. The van der Waals surface area contributed by atoms with E-state index >= 15 is 0 Å². The van der Waals surface area contributed by atoms with Crippen LogP contribution in [-0.4, -0.2) is 15.0 Å². The first-order chi connectivity index (χ1) is 6.93. The Morgan fingerprint density at radius 2 is 2.29 bits per heavy atom. The molecule has 3 heteroatoms. The Morgan fingerprint density at radius 3 is 3.14 bits per heavy atom. The van der Waals surface area contributed by atoms with E-state index in [2.05, 4.69) is 26.8 Å². The molecule has 0 amide bonds. The van der Waals surface area contributed by atoms with E-state index in [1.54, 1.807) is 6.33 Å². The number of rotatable bonds is 0. The van der Waals surface area contributed by atoms with Crippen molar-refractivity contribution in [1.29, 1.82) is 0 Å². The number of hydrogen-bond donors (Lipinski definition) is 1. The van der Waals surface area contributed by atoms with Crippen molar-refractivity contribution < 1.29 is 0 Å². The smallest absolute Gasteiger partial charge is 0.141 e. The van der Waals surface area contributed by atoms with Crippen molar-refractivity contribution in [3.8, 4) is 11.8 Å². The highest BCUT2D eigenvalue weighted by Crippen LogP contribution is 2.27. The third-order valence-electron chi connectivity index (χ3n) is 2.33. The zero-order valence-electron chi connectivity index (χ0n) is 7.62. The Balaban J connectivity index is 2.11. The van der Waals surface area contributed by atoms with Gasteiger partial charge in [-0.1, -0.05) is 5.92 Å². The minimum absolute atomic E-state index is 0.610. The number of hydrogen-bond acceptors (Lipinski definition) is 2. The predicted octanol–water partition coefficient (Wildman–Crippen LogP) is 1.72. The van der Waals surface area contributed by atoms with E-state index in [-0.39, 0.29) is 0 Å². The number of aromatic amines is 1. The summed E-state index contributed by atoms with van der Waals surface area (Å²) < 4.78 is 0. The second-order valence-corrected chi connectivity index (χ2v) is 3.51. The van der Waals surface area contributed by atoms with Crippen LogP contribution < -0.4 is 0 Å². The summed E-state index contributed by atoms with van der Waals surface area (Å²) in [6.07, 6.45) is 5.90. The van der Waals surface area contributed by atoms with E-state index in [9.17, 15) is 0 Å². The molecule has 1 aliphatic rings. The number of H-pyrrole nitrogens is 1. The normalized spacial score (nSPS) is 15.1. The van der Waals surface area contributed by atoms with Crippen LogP contribution in [0.3, 0.4) is 0 Å². The van der Waals surface area contributed by atoms with E-state index in [0.29, 0.717) is 5.92 Å². The fourth-order valence-corrected chi connectivity index (χ4v) is 1.37. The Morgan fingerprint density at radius 1 is 1.36 bits per heavy atom. The lowest BCUT2D eigenvalue weighted by Crippen LogP contribution is -1.86. The van der Waals surface area contributed by atoms with Crippen LogP contribution in [0.25, 0.3) is 11.0 Å². The van der Waals surface area contributed by atoms with Gasteiger partial charge in [0.1, 0.15) is 17.7 Å². The van der Waals surface area contributed by atoms with Crippen molar-refractivity contribution in [2.45, 2.75) is 12.8 Å². The highest BCUT2D eigenvalue weighted by atomic mass is 14.9. The van der Waals surface area contributed by atoms with Crippen molar-refractivity contribution in [2.75, 3.05) is 0 Å². The van der Waals surface area contributed by atoms with Gasteiger partial charge in [-0.2, -0.15) is 0 Å². The summed E-state index contributed by atoms with van der Waals surface area (Å²) in [5.41, 5.74) is 1.70. The minimum atomic E-state index is 0.610. The first-order valence-electron chi connectivity index (χ1n) is 4.73. The number of fused-ring (bicyclic) bond motifs is 1. The summed E-state index contributed by atoms with van der Waals surface area (Å²) >= 11 is 0. The van der Waals surface area contributed by atoms with Gasteiger partial charge in [-0.15, -0.1) is 0 Å². The topological polar surface area (TPSA) is 41.6 Å². The largest absolute Gasteiger partial charge is 0.346 e. The predicted molar refractivity (Wildman–Crippen MR) is 53.5 cm³/mol. The van der Waals surface area contributed by atoms with Crippen molar-refractivity contribution in [3.63, 3.8) is 0 Å². The monoisotopic (exact) mass is 183 g/mol. The number of aromatic nitrogens is 3. The van der Waals surface area contributed by atoms with Crippen LogP contribution in [0.4, 0.5) is 0 Å². The van der Waals surface area contributed by atoms with Crippen molar-refractivity contribution >= 4 is 11.0 Å². The van der Waals surface area contributed by atoms with E-state index in [1.807, 2.05) is 12.3 Å². The molecule has 0 spiro atoms. The Bertz CT molecular complexity index is 526. The summed E-state index contributed by atoms with van der Waals surface area (Å²) in [5, 5.41) is 1.01. The van der Waals surface area contributed by atoms with Crippen LogP contribution in [0.15, 0.2) is 18.6 Å². The molecular weight excluding hydrogens is 174 g/mol. The van der Waals surface area contributed by atoms with Gasteiger partial charge in [-0.05, 0) is 24.8 Å². The highest BCUT2D eigenvalue weighted by Gasteiger charge is 2.17. The van der Waals surface area contributed by atoms with E-state index in [0.717, 1.165) is 16.7 Å². The van der Waals surface area contributed by atoms with Crippen LogP contribution in [-0.2, 0) is 0 Å². The van der Waals surface area contributed by atoms with Crippen molar-refractivity contribution in [1.82, 2.24) is 15.0 Å². The van der Waals surface area contributed by atoms with Crippen LogP contribution in [0.2, 0.25) is 0 Å². The fourth-order valence-electron chi connectivity index (χ4n) is 1.37. The second-order valence-electron chi connectivity index (χ2n) is 3.51. The van der Waals surface area contributed by atoms with E-state index in [1.165, 1.54) is 12.8 Å². The molecule has 0 aliphatic heterocycles. The molecule has 3 nitrogen and oxygen atoms in total. The standard InChI is InChI=1S/C11H9N3/c1-2-8(1)3-4-10-9-5-6-12-11(9)14-7-13-10/h5-8H,1-2H2,(H,12,13,14). The number of nitrogens with one attached hydrogen (secondary N) is 1. The summed E-state index contributed by atoms with van der Waals surface area (Å²) in [5.74, 6) is 6.93. The lowest BCUT2D eigenvalue weighted by molar-refractivity contribution is 1.16. The van der Waals surface area contributed by atoms with Gasteiger partial charge in [0, 0.05) is 12.1 Å². The molecule has 14 heavy (non-hydrogen) atoms. The van der Waals surface area contributed by atoms with E-state index < -0.39 is 0 Å². The quantitative estimate of drug-likeness (QED) is 0.632. The van der Waals surface area contributed by atoms with Gasteiger partial charge in [0.15, 0.2) is 0 Å². The Labute approximate surface area is 81.6 Å². The van der Waals surface area contributed by atoms with Crippen molar-refractivity contribution in [2.24, 2.45) is 5.92 Å². The fraction of sp³-hybridized carbons (Fsp3) is 0.273. The van der Waals surface area contributed by atoms with Crippen LogP contribution in [0.5, 0.6) is 0 Å². The van der Waals surface area contributed by atoms with Crippen molar-refractivity contribution in [3.05, 3.63) is 24.3 Å². The molecule has 2 heterocycles. The first kappa shape index (κ1) is 7.57. The van der Waals surface area contributed by atoms with Gasteiger partial charge < -0.3 is 4.98 Å². The first-order valence-corrected chi connectivity index (χ1v) is 4.73. The molecule has 0 bridgehead atoms. The molecule has 3 rings (SSSR count). The van der Waals surface area contributed by atoms with Gasteiger partial charge in [0.25, 0.3) is 0 Å². The average Bonchev–Trinajstić information content (AvgIpc) is 2.91. The average molecular weight is 183 g/mol. The maximum absolute atomic E-state index is 4.17. The zero-order chi connectivity index (χ0) is 9.38. The SMILES string of the molecule is C(#CC1CC1)c1ncnc2[nH]ccc12. The molecule has 1 aliphatic carbocycles. The highest BCUT2D eigenvalue weighted by molar-refractivity contribution is 5.80. The third kappa shape index (κ3) is 1.25. The molecule has 0 unspecified atom stereocenters. The molecule has 1 fully saturated rings. The van der Waals surface area contributed by atoms with Gasteiger partial charge in [0.2, 0.25) is 0 Å². The zero-order valence-corrected chi connectivity index (χ0v) is 7.62. The maximum Gasteiger partial charge on any atom is 0.141 e. The minimum Gasteiger partial charge on any atom is -0.346 e. The lowest BCUT2D eigenvalue weighted by atomic mass is 10.2. The summed E-state index contributed by atoms with van der Waals surface area (Å²) in [4.78, 5) is 11.3. The molecular formula is C11H9N3. The maximum atomic E-state index is 4.17. The molecule has 0 aromatic carbocycles. The second kappa shape index (κ2) is 2.85. The molecule has 0 radical (unpaired) electrons. The summed E-state index contributed by atoms with van der Waals surface area (Å²) in [7, 11) is 0. The van der Waals surface area contributed by atoms with Gasteiger partial charge in [-0.3, -0.25) is 0 Å². The molecule has 1 N–H and O–H groups in total. The van der Waals surface area contributed by atoms with Gasteiger partial charge in [0.05, 0.1) is 5.39 Å². The van der Waals surface area contributed by atoms with Gasteiger partial charge in [-0.25, -0.2) is 9.97 Å². The Kier molecular flexibility index (Phi) is 1.54. The molecule has 0 saturated heterocycles. The number of nitrogens with zero attached hydrogens (tertiary/aromatic N) is 2. The third-order valence-corrected chi connectivity index (χ3v) is 2.33. The molecule has 68 valence electrons. The van der Waals surface area contributed by atoms with Gasteiger partial charge >= 0.3 is 0 Å². The Hall–Kier alpha value is -1.82.